The van der Waals surface area contributed by atoms with Crippen molar-refractivity contribution in [1.82, 2.24) is 5.32 Å². The SMILES string of the molecule is COCC(NC(=O)c1cc2cccc(Br)c2o1)C(=O)O. The van der Waals surface area contributed by atoms with Gasteiger partial charge in [0.25, 0.3) is 5.91 Å². The van der Waals surface area contributed by atoms with Crippen LogP contribution in [0.25, 0.3) is 11.0 Å². The second-order valence-electron chi connectivity index (χ2n) is 4.09. The molecular weight excluding hydrogens is 330 g/mol. The van der Waals surface area contributed by atoms with Crippen LogP contribution in [0, 0.1) is 0 Å². The highest BCUT2D eigenvalue weighted by Gasteiger charge is 2.22. The summed E-state index contributed by atoms with van der Waals surface area (Å²) in [6.07, 6.45) is 0. The molecule has 2 aromatic rings. The summed E-state index contributed by atoms with van der Waals surface area (Å²) in [4.78, 5) is 22.9. The van der Waals surface area contributed by atoms with Gasteiger partial charge in [0.1, 0.15) is 5.58 Å². The van der Waals surface area contributed by atoms with Crippen LogP contribution in [0.1, 0.15) is 10.6 Å². The Balaban J connectivity index is 2.22. The number of hydrogen-bond acceptors (Lipinski definition) is 4. The van der Waals surface area contributed by atoms with E-state index in [0.29, 0.717) is 5.58 Å². The van der Waals surface area contributed by atoms with E-state index in [4.69, 9.17) is 14.3 Å². The summed E-state index contributed by atoms with van der Waals surface area (Å²) in [5.74, 6) is -1.72. The first-order valence-corrected chi connectivity index (χ1v) is 6.53. The zero-order chi connectivity index (χ0) is 14.7. The minimum atomic E-state index is -1.17. The largest absolute Gasteiger partial charge is 0.480 e. The molecule has 106 valence electrons. The monoisotopic (exact) mass is 341 g/mol. The van der Waals surface area contributed by atoms with E-state index in [1.165, 1.54) is 7.11 Å². The number of carbonyl (C=O) groups is 2. The Labute approximate surface area is 122 Å². The molecule has 0 aliphatic rings. The van der Waals surface area contributed by atoms with Crippen molar-refractivity contribution in [1.29, 1.82) is 0 Å². The van der Waals surface area contributed by atoms with Gasteiger partial charge >= 0.3 is 5.97 Å². The Morgan fingerprint density at radius 1 is 1.50 bits per heavy atom. The predicted molar refractivity (Wildman–Crippen MR) is 74.7 cm³/mol. The topological polar surface area (TPSA) is 88.8 Å². The molecule has 7 heteroatoms. The molecule has 0 saturated carbocycles. The Morgan fingerprint density at radius 2 is 2.25 bits per heavy atom. The minimum Gasteiger partial charge on any atom is -0.480 e. The number of ether oxygens (including phenoxy) is 1. The lowest BCUT2D eigenvalue weighted by Crippen LogP contribution is -2.43. The second-order valence-corrected chi connectivity index (χ2v) is 4.94. The Hall–Kier alpha value is -1.86. The fourth-order valence-corrected chi connectivity index (χ4v) is 2.17. The van der Waals surface area contributed by atoms with Gasteiger partial charge < -0.3 is 19.6 Å². The molecule has 0 radical (unpaired) electrons. The first-order valence-electron chi connectivity index (χ1n) is 5.73. The number of aliphatic carboxylic acids is 1. The molecule has 6 nitrogen and oxygen atoms in total. The number of benzene rings is 1. The normalized spacial score (nSPS) is 12.3. The van der Waals surface area contributed by atoms with Gasteiger partial charge in [0, 0.05) is 12.5 Å². The molecule has 0 saturated heterocycles. The number of rotatable bonds is 5. The number of carboxylic acid groups (broad SMARTS) is 1. The van der Waals surface area contributed by atoms with Gasteiger partial charge in [0.05, 0.1) is 11.1 Å². The number of carboxylic acids is 1. The molecule has 1 unspecified atom stereocenters. The van der Waals surface area contributed by atoms with Crippen molar-refractivity contribution >= 4 is 38.8 Å². The fraction of sp³-hybridized carbons (Fsp3) is 0.231. The van der Waals surface area contributed by atoms with E-state index in [9.17, 15) is 9.59 Å². The average molecular weight is 342 g/mol. The van der Waals surface area contributed by atoms with E-state index in [-0.39, 0.29) is 12.4 Å². The molecule has 1 atom stereocenters. The van der Waals surface area contributed by atoms with Crippen LogP contribution in [0.5, 0.6) is 0 Å². The molecule has 1 aromatic heterocycles. The highest BCUT2D eigenvalue weighted by atomic mass is 79.9. The average Bonchev–Trinajstić information content (AvgIpc) is 2.83. The molecular formula is C13H12BrNO5. The standard InChI is InChI=1S/C13H12BrNO5/c1-19-6-9(13(17)18)15-12(16)10-5-7-3-2-4-8(14)11(7)20-10/h2-5,9H,6H2,1H3,(H,15,16)(H,17,18). The lowest BCUT2D eigenvalue weighted by atomic mass is 10.2. The van der Waals surface area contributed by atoms with Crippen LogP contribution in [0.4, 0.5) is 0 Å². The van der Waals surface area contributed by atoms with E-state index < -0.39 is 17.9 Å². The van der Waals surface area contributed by atoms with Crippen molar-refractivity contribution in [2.24, 2.45) is 0 Å². The summed E-state index contributed by atoms with van der Waals surface area (Å²) in [5, 5.41) is 12.0. The van der Waals surface area contributed by atoms with Gasteiger partial charge in [0.15, 0.2) is 11.8 Å². The summed E-state index contributed by atoms with van der Waals surface area (Å²) in [6.45, 7) is -0.120. The summed E-state index contributed by atoms with van der Waals surface area (Å²) < 4.78 is 10.9. The number of hydrogen-bond donors (Lipinski definition) is 2. The molecule has 2 rings (SSSR count). The number of nitrogens with one attached hydrogen (secondary N) is 1. The van der Waals surface area contributed by atoms with Crippen LogP contribution in [-0.2, 0) is 9.53 Å². The van der Waals surface area contributed by atoms with Gasteiger partial charge in [-0.1, -0.05) is 12.1 Å². The van der Waals surface area contributed by atoms with Gasteiger partial charge in [-0.2, -0.15) is 0 Å². The fourth-order valence-electron chi connectivity index (χ4n) is 1.71. The molecule has 1 amide bonds. The van der Waals surface area contributed by atoms with E-state index in [0.717, 1.165) is 9.86 Å². The molecule has 2 N–H and O–H groups in total. The molecule has 0 aliphatic carbocycles. The lowest BCUT2D eigenvalue weighted by molar-refractivity contribution is -0.140. The maximum atomic E-state index is 12.0. The number of halogens is 1. The zero-order valence-electron chi connectivity index (χ0n) is 10.6. The van der Waals surface area contributed by atoms with Crippen molar-refractivity contribution < 1.29 is 23.8 Å². The number of fused-ring (bicyclic) bond motifs is 1. The second kappa shape index (κ2) is 6.06. The van der Waals surface area contributed by atoms with Gasteiger partial charge in [0.2, 0.25) is 0 Å². The summed E-state index contributed by atoms with van der Waals surface area (Å²) in [5.41, 5.74) is 0.538. The highest BCUT2D eigenvalue weighted by molar-refractivity contribution is 9.10. The maximum absolute atomic E-state index is 12.0. The van der Waals surface area contributed by atoms with Crippen LogP contribution in [-0.4, -0.2) is 36.7 Å². The third kappa shape index (κ3) is 3.00. The highest BCUT2D eigenvalue weighted by Crippen LogP contribution is 2.26. The van der Waals surface area contributed by atoms with Crippen molar-refractivity contribution in [3.63, 3.8) is 0 Å². The first-order chi connectivity index (χ1) is 9.52. The summed E-state index contributed by atoms with van der Waals surface area (Å²) in [6, 6.07) is 5.84. The number of furan rings is 1. The van der Waals surface area contributed by atoms with Crippen LogP contribution >= 0.6 is 15.9 Å². The van der Waals surface area contributed by atoms with Crippen molar-refractivity contribution in [2.75, 3.05) is 13.7 Å². The van der Waals surface area contributed by atoms with Crippen molar-refractivity contribution in [2.45, 2.75) is 6.04 Å². The summed E-state index contributed by atoms with van der Waals surface area (Å²) in [7, 11) is 1.36. The number of methoxy groups -OCH3 is 1. The first kappa shape index (κ1) is 14.5. The molecule has 20 heavy (non-hydrogen) atoms. The van der Waals surface area contributed by atoms with Crippen molar-refractivity contribution in [3.05, 3.63) is 34.5 Å². The van der Waals surface area contributed by atoms with Gasteiger partial charge in [-0.25, -0.2) is 4.79 Å². The Bertz CT molecular complexity index is 651. The molecule has 1 heterocycles. The third-order valence-electron chi connectivity index (χ3n) is 2.66. The molecule has 0 fully saturated rings. The minimum absolute atomic E-state index is 0.0502. The summed E-state index contributed by atoms with van der Waals surface area (Å²) >= 11 is 3.32. The predicted octanol–water partition coefficient (Wildman–Crippen LogP) is 2.02. The van der Waals surface area contributed by atoms with E-state index in [2.05, 4.69) is 21.2 Å². The number of para-hydroxylation sites is 1. The quantitative estimate of drug-likeness (QED) is 0.868. The number of amides is 1. The van der Waals surface area contributed by atoms with Crippen LogP contribution in [0.15, 0.2) is 33.2 Å². The number of carbonyl (C=O) groups excluding carboxylic acids is 1. The molecule has 0 spiro atoms. The van der Waals surface area contributed by atoms with Crippen LogP contribution in [0.2, 0.25) is 0 Å². The molecule has 1 aromatic carbocycles. The lowest BCUT2D eigenvalue weighted by Gasteiger charge is -2.11. The van der Waals surface area contributed by atoms with Gasteiger partial charge in [-0.15, -0.1) is 0 Å². The molecule has 0 aliphatic heterocycles. The van der Waals surface area contributed by atoms with E-state index in [1.54, 1.807) is 18.2 Å². The van der Waals surface area contributed by atoms with Crippen LogP contribution < -0.4 is 5.32 Å². The zero-order valence-corrected chi connectivity index (χ0v) is 12.1. The molecule has 0 bridgehead atoms. The smallest absolute Gasteiger partial charge is 0.328 e. The Morgan fingerprint density at radius 3 is 2.85 bits per heavy atom. The van der Waals surface area contributed by atoms with E-state index in [1.807, 2.05) is 6.07 Å². The third-order valence-corrected chi connectivity index (χ3v) is 3.28. The van der Waals surface area contributed by atoms with E-state index >= 15 is 0 Å². The van der Waals surface area contributed by atoms with Crippen molar-refractivity contribution in [3.8, 4) is 0 Å². The maximum Gasteiger partial charge on any atom is 0.328 e. The van der Waals surface area contributed by atoms with Crippen LogP contribution in [0.3, 0.4) is 0 Å². The van der Waals surface area contributed by atoms with Gasteiger partial charge in [-0.05, 0) is 28.1 Å². The van der Waals surface area contributed by atoms with Gasteiger partial charge in [-0.3, -0.25) is 4.79 Å². The Kier molecular flexibility index (Phi) is 4.41.